The van der Waals surface area contributed by atoms with Gasteiger partial charge < -0.3 is 5.11 Å². The van der Waals surface area contributed by atoms with Gasteiger partial charge in [0.15, 0.2) is 0 Å². The van der Waals surface area contributed by atoms with E-state index < -0.39 is 39.1 Å². The first-order valence-corrected chi connectivity index (χ1v) is 7.16. The highest BCUT2D eigenvalue weighted by Crippen LogP contribution is 2.64. The van der Waals surface area contributed by atoms with Crippen molar-refractivity contribution in [1.29, 1.82) is 0 Å². The van der Waals surface area contributed by atoms with Gasteiger partial charge in [-0.1, -0.05) is 19.9 Å². The van der Waals surface area contributed by atoms with Crippen LogP contribution in [0.1, 0.15) is 25.3 Å². The van der Waals surface area contributed by atoms with Crippen LogP contribution in [0.3, 0.4) is 0 Å². The van der Waals surface area contributed by atoms with Gasteiger partial charge in [-0.3, -0.25) is 4.79 Å². The molecule has 0 aromatic heterocycles. The lowest BCUT2D eigenvalue weighted by Crippen LogP contribution is -2.12. The molecule has 0 spiro atoms. The molecule has 3 N–H and O–H groups in total. The van der Waals surface area contributed by atoms with Gasteiger partial charge in [-0.05, 0) is 23.1 Å². The second-order valence-corrected chi connectivity index (χ2v) is 6.90. The normalized spacial score (nSPS) is 25.1. The quantitative estimate of drug-likeness (QED) is 0.875. The molecular weight excluding hydrogens is 273 g/mol. The molecule has 0 heterocycles. The zero-order chi connectivity index (χ0) is 14.6. The van der Waals surface area contributed by atoms with Gasteiger partial charge in [0, 0.05) is 5.92 Å². The van der Waals surface area contributed by atoms with Crippen LogP contribution in [-0.4, -0.2) is 19.5 Å². The summed E-state index contributed by atoms with van der Waals surface area (Å²) in [6.45, 7) is 3.48. The molecule has 1 fully saturated rings. The molecule has 104 valence electrons. The fraction of sp³-hybridized carbons (Fsp3) is 0.417. The highest BCUT2D eigenvalue weighted by atomic mass is 32.2. The summed E-state index contributed by atoms with van der Waals surface area (Å²) in [5.74, 6) is -2.85. The highest BCUT2D eigenvalue weighted by Gasteiger charge is 2.63. The van der Waals surface area contributed by atoms with Crippen molar-refractivity contribution >= 4 is 16.0 Å². The Hall–Kier alpha value is -1.47. The zero-order valence-electron chi connectivity index (χ0n) is 10.4. The molecule has 1 aromatic carbocycles. The number of hydrogen-bond acceptors (Lipinski definition) is 3. The molecule has 0 amide bonds. The molecule has 0 bridgehead atoms. The minimum Gasteiger partial charge on any atom is -0.481 e. The molecule has 1 aliphatic carbocycles. The molecule has 1 aliphatic rings. The Bertz CT molecular complexity index is 654. The molecule has 1 unspecified atom stereocenters. The van der Waals surface area contributed by atoms with Crippen molar-refractivity contribution in [3.05, 3.63) is 29.6 Å². The summed E-state index contributed by atoms with van der Waals surface area (Å²) in [6, 6.07) is 3.32. The monoisotopic (exact) mass is 287 g/mol. The van der Waals surface area contributed by atoms with Gasteiger partial charge in [0.2, 0.25) is 10.0 Å². The summed E-state index contributed by atoms with van der Waals surface area (Å²) < 4.78 is 36.1. The summed E-state index contributed by atoms with van der Waals surface area (Å²) >= 11 is 0. The first-order valence-electron chi connectivity index (χ1n) is 5.62. The van der Waals surface area contributed by atoms with E-state index in [1.54, 1.807) is 13.8 Å². The topological polar surface area (TPSA) is 97.5 Å². The number of rotatable bonds is 3. The van der Waals surface area contributed by atoms with Crippen LogP contribution in [0, 0.1) is 17.2 Å². The SMILES string of the molecule is CC1(C)C(c2ccc(S(N)(=O)=O)cc2F)[C@@H]1C(=O)O. The Labute approximate surface area is 110 Å². The van der Waals surface area contributed by atoms with Crippen molar-refractivity contribution in [3.63, 3.8) is 0 Å². The summed E-state index contributed by atoms with van der Waals surface area (Å²) in [4.78, 5) is 10.7. The fourth-order valence-electron chi connectivity index (χ4n) is 2.62. The van der Waals surface area contributed by atoms with Crippen LogP contribution in [0.2, 0.25) is 0 Å². The predicted molar refractivity (Wildman–Crippen MR) is 65.4 cm³/mol. The van der Waals surface area contributed by atoms with E-state index in [4.69, 9.17) is 10.2 Å². The third-order valence-electron chi connectivity index (χ3n) is 3.73. The largest absolute Gasteiger partial charge is 0.481 e. The molecule has 19 heavy (non-hydrogen) atoms. The lowest BCUT2D eigenvalue weighted by molar-refractivity contribution is -0.139. The summed E-state index contributed by atoms with van der Waals surface area (Å²) in [5.41, 5.74) is -0.333. The van der Waals surface area contributed by atoms with E-state index in [-0.39, 0.29) is 10.5 Å². The van der Waals surface area contributed by atoms with Gasteiger partial charge in [0.25, 0.3) is 0 Å². The smallest absolute Gasteiger partial charge is 0.307 e. The molecular formula is C12H14FNO4S. The Balaban J connectivity index is 2.42. The Morgan fingerprint density at radius 2 is 2.00 bits per heavy atom. The molecule has 0 radical (unpaired) electrons. The van der Waals surface area contributed by atoms with Gasteiger partial charge in [0.05, 0.1) is 10.8 Å². The van der Waals surface area contributed by atoms with Gasteiger partial charge >= 0.3 is 5.97 Å². The Morgan fingerprint density at radius 1 is 1.42 bits per heavy atom. The van der Waals surface area contributed by atoms with E-state index in [1.165, 1.54) is 12.1 Å². The van der Waals surface area contributed by atoms with Crippen LogP contribution in [0.5, 0.6) is 0 Å². The van der Waals surface area contributed by atoms with Gasteiger partial charge in [-0.25, -0.2) is 17.9 Å². The van der Waals surface area contributed by atoms with Crippen molar-refractivity contribution in [2.24, 2.45) is 16.5 Å². The molecule has 2 atom stereocenters. The van der Waals surface area contributed by atoms with Gasteiger partial charge in [-0.2, -0.15) is 0 Å². The number of halogens is 1. The predicted octanol–water partition coefficient (Wildman–Crippen LogP) is 1.30. The van der Waals surface area contributed by atoms with E-state index in [2.05, 4.69) is 0 Å². The summed E-state index contributed by atoms with van der Waals surface area (Å²) in [5, 5.41) is 14.0. The van der Waals surface area contributed by atoms with Crippen LogP contribution < -0.4 is 5.14 Å². The number of carbonyl (C=O) groups is 1. The van der Waals surface area contributed by atoms with Crippen molar-refractivity contribution < 1.29 is 22.7 Å². The minimum absolute atomic E-state index is 0.213. The van der Waals surface area contributed by atoms with Gasteiger partial charge in [0.1, 0.15) is 5.82 Å². The maximum atomic E-state index is 13.9. The number of carboxylic acid groups (broad SMARTS) is 1. The van der Waals surface area contributed by atoms with Crippen LogP contribution in [-0.2, 0) is 14.8 Å². The third kappa shape index (κ3) is 2.23. The molecule has 0 aliphatic heterocycles. The third-order valence-corrected chi connectivity index (χ3v) is 4.64. The minimum atomic E-state index is -3.96. The number of sulfonamides is 1. The van der Waals surface area contributed by atoms with E-state index in [1.807, 2.05) is 0 Å². The van der Waals surface area contributed by atoms with Crippen molar-refractivity contribution in [2.75, 3.05) is 0 Å². The standard InChI is InChI=1S/C12H14FNO4S/c1-12(2)9(10(12)11(15)16)7-4-3-6(5-8(7)13)19(14,17)18/h3-5,9-10H,1-2H3,(H,15,16)(H2,14,17,18)/t9?,10-/m1/s1. The van der Waals surface area contributed by atoms with Crippen molar-refractivity contribution in [1.82, 2.24) is 0 Å². The molecule has 1 aromatic rings. The van der Waals surface area contributed by atoms with Crippen LogP contribution >= 0.6 is 0 Å². The van der Waals surface area contributed by atoms with Crippen LogP contribution in [0.4, 0.5) is 4.39 Å². The number of aliphatic carboxylic acids is 1. The van der Waals surface area contributed by atoms with E-state index in [0.29, 0.717) is 0 Å². The number of carboxylic acids is 1. The van der Waals surface area contributed by atoms with E-state index in [9.17, 15) is 17.6 Å². The van der Waals surface area contributed by atoms with Crippen molar-refractivity contribution in [2.45, 2.75) is 24.7 Å². The maximum absolute atomic E-state index is 13.9. The zero-order valence-corrected chi connectivity index (χ0v) is 11.2. The van der Waals surface area contributed by atoms with Crippen LogP contribution in [0.15, 0.2) is 23.1 Å². The maximum Gasteiger partial charge on any atom is 0.307 e. The number of benzene rings is 1. The van der Waals surface area contributed by atoms with E-state index in [0.717, 1.165) is 6.07 Å². The van der Waals surface area contributed by atoms with Gasteiger partial charge in [-0.15, -0.1) is 0 Å². The van der Waals surface area contributed by atoms with Crippen molar-refractivity contribution in [3.8, 4) is 0 Å². The summed E-state index contributed by atoms with van der Waals surface area (Å²) in [6.07, 6.45) is 0. The lowest BCUT2D eigenvalue weighted by Gasteiger charge is -2.06. The lowest BCUT2D eigenvalue weighted by atomic mass is 10.0. The average molecular weight is 287 g/mol. The number of primary sulfonamides is 1. The molecule has 0 saturated heterocycles. The molecule has 2 rings (SSSR count). The number of nitrogens with two attached hydrogens (primary N) is 1. The summed E-state index contributed by atoms with van der Waals surface area (Å²) in [7, 11) is -3.96. The first kappa shape index (κ1) is 14.0. The number of hydrogen-bond donors (Lipinski definition) is 2. The highest BCUT2D eigenvalue weighted by molar-refractivity contribution is 7.89. The molecule has 7 heteroatoms. The Morgan fingerprint density at radius 3 is 2.37 bits per heavy atom. The molecule has 1 saturated carbocycles. The second-order valence-electron chi connectivity index (χ2n) is 5.34. The fourth-order valence-corrected chi connectivity index (χ4v) is 3.14. The first-order chi connectivity index (χ1) is 8.56. The average Bonchev–Trinajstić information content (AvgIpc) is 2.80. The Kier molecular flexibility index (Phi) is 2.94. The van der Waals surface area contributed by atoms with Crippen LogP contribution in [0.25, 0.3) is 0 Å². The second kappa shape index (κ2) is 4.01. The molecule has 5 nitrogen and oxygen atoms in total. The van der Waals surface area contributed by atoms with E-state index >= 15 is 0 Å².